The van der Waals surface area contributed by atoms with Crippen LogP contribution < -0.4 is 5.73 Å². The van der Waals surface area contributed by atoms with Gasteiger partial charge in [0, 0.05) is 24.0 Å². The summed E-state index contributed by atoms with van der Waals surface area (Å²) in [7, 11) is 0. The number of hydrogen-bond acceptors (Lipinski definition) is 3. The monoisotopic (exact) mass is 145 g/mol. The van der Waals surface area contributed by atoms with Gasteiger partial charge in [-0.3, -0.25) is 4.98 Å². The highest BCUT2D eigenvalue weighted by Gasteiger charge is 1.92. The molecule has 54 valence electrons. The van der Waals surface area contributed by atoms with Crippen LogP contribution >= 0.6 is 0 Å². The normalized spacial score (nSPS) is 10.6. The van der Waals surface area contributed by atoms with E-state index in [1.165, 1.54) is 6.08 Å². The predicted octanol–water partition coefficient (Wildman–Crippen LogP) is 0.905. The van der Waals surface area contributed by atoms with Crippen LogP contribution in [-0.2, 0) is 0 Å². The average Bonchev–Trinajstić information content (AvgIpc) is 2.07. The van der Waals surface area contributed by atoms with E-state index in [-0.39, 0.29) is 0 Å². The lowest BCUT2D eigenvalue weighted by atomic mass is 10.2. The fourth-order valence-electron chi connectivity index (χ4n) is 0.686. The van der Waals surface area contributed by atoms with Crippen LogP contribution in [-0.4, -0.2) is 4.98 Å². The van der Waals surface area contributed by atoms with Gasteiger partial charge in [-0.05, 0) is 12.1 Å². The topological polar surface area (TPSA) is 62.7 Å². The van der Waals surface area contributed by atoms with E-state index in [2.05, 4.69) is 4.98 Å². The summed E-state index contributed by atoms with van der Waals surface area (Å²) in [5, 5.41) is 8.27. The number of allylic oxidation sites excluding steroid dienone is 1. The molecule has 3 nitrogen and oxygen atoms in total. The first-order chi connectivity index (χ1) is 5.34. The van der Waals surface area contributed by atoms with Gasteiger partial charge in [0.1, 0.15) is 0 Å². The van der Waals surface area contributed by atoms with Crippen molar-refractivity contribution in [3.8, 4) is 6.07 Å². The molecule has 2 N–H and O–H groups in total. The number of nitrogens with zero attached hydrogens (tertiary/aromatic N) is 2. The number of nitriles is 1. The molecule has 0 aliphatic carbocycles. The van der Waals surface area contributed by atoms with Crippen LogP contribution in [0.1, 0.15) is 5.56 Å². The molecule has 0 amide bonds. The van der Waals surface area contributed by atoms with E-state index >= 15 is 0 Å². The fourth-order valence-corrected chi connectivity index (χ4v) is 0.686. The Labute approximate surface area is 64.8 Å². The summed E-state index contributed by atoms with van der Waals surface area (Å²) in [4.78, 5) is 3.86. The summed E-state index contributed by atoms with van der Waals surface area (Å²) in [5.41, 5.74) is 6.72. The molecule has 0 atom stereocenters. The number of pyridine rings is 1. The minimum Gasteiger partial charge on any atom is -0.398 e. The first-order valence-electron chi connectivity index (χ1n) is 3.10. The van der Waals surface area contributed by atoms with Gasteiger partial charge in [-0.2, -0.15) is 5.26 Å². The van der Waals surface area contributed by atoms with Gasteiger partial charge in [0.05, 0.1) is 11.8 Å². The Morgan fingerprint density at radius 1 is 1.73 bits per heavy atom. The van der Waals surface area contributed by atoms with Crippen LogP contribution in [0.2, 0.25) is 0 Å². The Balaban J connectivity index is 2.96. The van der Waals surface area contributed by atoms with Crippen LogP contribution in [0, 0.1) is 11.3 Å². The third kappa shape index (κ3) is 1.80. The smallest absolute Gasteiger partial charge is 0.0933 e. The Bertz CT molecular complexity index is 295. The van der Waals surface area contributed by atoms with Gasteiger partial charge >= 0.3 is 0 Å². The lowest BCUT2D eigenvalue weighted by molar-refractivity contribution is 1.30. The van der Waals surface area contributed by atoms with Crippen molar-refractivity contribution >= 4 is 5.70 Å². The zero-order chi connectivity index (χ0) is 8.10. The molecule has 0 fully saturated rings. The van der Waals surface area contributed by atoms with Crippen molar-refractivity contribution in [1.82, 2.24) is 4.98 Å². The van der Waals surface area contributed by atoms with E-state index in [1.54, 1.807) is 24.5 Å². The van der Waals surface area contributed by atoms with E-state index in [4.69, 9.17) is 11.0 Å². The lowest BCUT2D eigenvalue weighted by Crippen LogP contribution is -1.95. The highest BCUT2D eigenvalue weighted by atomic mass is 14.6. The van der Waals surface area contributed by atoms with Crippen LogP contribution in [0.3, 0.4) is 0 Å². The second kappa shape index (κ2) is 3.37. The maximum absolute atomic E-state index is 8.27. The van der Waals surface area contributed by atoms with Crippen LogP contribution in [0.4, 0.5) is 0 Å². The largest absolute Gasteiger partial charge is 0.398 e. The van der Waals surface area contributed by atoms with Gasteiger partial charge in [-0.15, -0.1) is 0 Å². The molecule has 0 bridgehead atoms. The number of aromatic nitrogens is 1. The van der Waals surface area contributed by atoms with Crippen molar-refractivity contribution in [2.24, 2.45) is 5.73 Å². The van der Waals surface area contributed by atoms with Gasteiger partial charge < -0.3 is 5.73 Å². The molecule has 0 aliphatic rings. The van der Waals surface area contributed by atoms with E-state index < -0.39 is 0 Å². The summed E-state index contributed by atoms with van der Waals surface area (Å²) in [5.74, 6) is 0. The first kappa shape index (κ1) is 7.29. The molecule has 1 aromatic rings. The van der Waals surface area contributed by atoms with E-state index in [0.717, 1.165) is 5.56 Å². The van der Waals surface area contributed by atoms with Gasteiger partial charge in [0.15, 0.2) is 0 Å². The predicted molar refractivity (Wildman–Crippen MR) is 42.0 cm³/mol. The molecule has 0 saturated carbocycles. The van der Waals surface area contributed by atoms with E-state index in [9.17, 15) is 0 Å². The van der Waals surface area contributed by atoms with Gasteiger partial charge in [-0.25, -0.2) is 0 Å². The van der Waals surface area contributed by atoms with Gasteiger partial charge in [0.2, 0.25) is 0 Å². The fraction of sp³-hybridized carbons (Fsp3) is 0. The lowest BCUT2D eigenvalue weighted by Gasteiger charge is -1.95. The Hall–Kier alpha value is -1.82. The number of nitrogens with two attached hydrogens (primary N) is 1. The van der Waals surface area contributed by atoms with Crippen molar-refractivity contribution < 1.29 is 0 Å². The molecule has 0 unspecified atom stereocenters. The van der Waals surface area contributed by atoms with Crippen molar-refractivity contribution in [1.29, 1.82) is 5.26 Å². The van der Waals surface area contributed by atoms with Crippen molar-refractivity contribution in [2.75, 3.05) is 0 Å². The summed E-state index contributed by atoms with van der Waals surface area (Å²) >= 11 is 0. The number of hydrogen-bond donors (Lipinski definition) is 1. The minimum absolute atomic E-state index is 0.445. The molecular weight excluding hydrogens is 138 g/mol. The van der Waals surface area contributed by atoms with Crippen molar-refractivity contribution in [3.05, 3.63) is 36.2 Å². The molecular formula is C8H7N3. The molecule has 0 aliphatic heterocycles. The molecule has 0 saturated heterocycles. The second-order valence-corrected chi connectivity index (χ2v) is 1.97. The second-order valence-electron chi connectivity index (χ2n) is 1.97. The maximum Gasteiger partial charge on any atom is 0.0933 e. The highest BCUT2D eigenvalue weighted by molar-refractivity contribution is 5.63. The van der Waals surface area contributed by atoms with Gasteiger partial charge in [-0.1, -0.05) is 0 Å². The van der Waals surface area contributed by atoms with Crippen molar-refractivity contribution in [3.63, 3.8) is 0 Å². The standard InChI is InChI=1S/C8H7N3/c9-4-3-8(10)7-2-1-5-11-6-7/h1-3,5-6H,10H2. The van der Waals surface area contributed by atoms with Crippen LogP contribution in [0.25, 0.3) is 5.70 Å². The molecule has 3 heteroatoms. The third-order valence-corrected chi connectivity index (χ3v) is 1.21. The highest BCUT2D eigenvalue weighted by Crippen LogP contribution is 2.04. The minimum atomic E-state index is 0.445. The van der Waals surface area contributed by atoms with E-state index in [0.29, 0.717) is 5.70 Å². The van der Waals surface area contributed by atoms with Crippen molar-refractivity contribution in [2.45, 2.75) is 0 Å². The Morgan fingerprint density at radius 3 is 3.09 bits per heavy atom. The summed E-state index contributed by atoms with van der Waals surface area (Å²) < 4.78 is 0. The van der Waals surface area contributed by atoms with E-state index in [1.807, 2.05) is 6.07 Å². The Morgan fingerprint density at radius 2 is 2.55 bits per heavy atom. The molecule has 0 spiro atoms. The molecule has 0 radical (unpaired) electrons. The Kier molecular flexibility index (Phi) is 2.24. The van der Waals surface area contributed by atoms with Gasteiger partial charge in [0.25, 0.3) is 0 Å². The molecule has 1 rings (SSSR count). The van der Waals surface area contributed by atoms with Crippen LogP contribution in [0.15, 0.2) is 30.6 Å². The summed E-state index contributed by atoms with van der Waals surface area (Å²) in [6.45, 7) is 0. The quantitative estimate of drug-likeness (QED) is 0.597. The summed E-state index contributed by atoms with van der Waals surface area (Å²) in [6.07, 6.45) is 4.56. The molecule has 0 aromatic carbocycles. The molecule has 1 aromatic heterocycles. The zero-order valence-electron chi connectivity index (χ0n) is 5.86. The average molecular weight is 145 g/mol. The molecule has 1 heterocycles. The first-order valence-corrected chi connectivity index (χ1v) is 3.10. The third-order valence-electron chi connectivity index (χ3n) is 1.21. The number of rotatable bonds is 1. The SMILES string of the molecule is N#CC=C(N)c1cccnc1. The zero-order valence-corrected chi connectivity index (χ0v) is 5.86. The molecule has 11 heavy (non-hydrogen) atoms. The maximum atomic E-state index is 8.27. The van der Waals surface area contributed by atoms with Crippen LogP contribution in [0.5, 0.6) is 0 Å². The summed E-state index contributed by atoms with van der Waals surface area (Å²) in [6, 6.07) is 5.42.